The van der Waals surface area contributed by atoms with E-state index in [9.17, 15) is 0 Å². The summed E-state index contributed by atoms with van der Waals surface area (Å²) in [6.45, 7) is 11.6. The molecule has 6 heteroatoms. The van der Waals surface area contributed by atoms with E-state index in [1.165, 1.54) is 58.2 Å². The third kappa shape index (κ3) is 5.08. The molecule has 1 heterocycles. The molecule has 7 rings (SSSR count). The van der Waals surface area contributed by atoms with Crippen molar-refractivity contribution >= 4 is 41.3 Å². The summed E-state index contributed by atoms with van der Waals surface area (Å²) in [5, 5.41) is 7.41. The zero-order valence-electron chi connectivity index (χ0n) is 24.0. The Bertz CT molecular complexity index is 1230. The Kier molecular flexibility index (Phi) is 7.39. The average Bonchev–Trinajstić information content (AvgIpc) is 3.20. The highest BCUT2D eigenvalue weighted by Crippen LogP contribution is 2.63. The minimum Gasteiger partial charge on any atom is -0.405 e. The number of halogens is 1. The topological polar surface area (TPSA) is 36.3 Å². The Labute approximate surface area is 249 Å². The van der Waals surface area contributed by atoms with Gasteiger partial charge in [0.05, 0.1) is 28.6 Å². The van der Waals surface area contributed by atoms with Gasteiger partial charge in [-0.2, -0.15) is 5.10 Å². The largest absolute Gasteiger partial charge is 0.405 e. The molecule has 0 aliphatic heterocycles. The lowest BCUT2D eigenvalue weighted by molar-refractivity contribution is -0.199. The average molecular weight is 655 g/mol. The third-order valence-electron chi connectivity index (χ3n) is 9.88. The molecule has 0 saturated heterocycles. The third-order valence-corrected chi connectivity index (χ3v) is 16.0. The minimum absolute atomic E-state index is 0.00704. The monoisotopic (exact) mass is 654 g/mol. The second-order valence-corrected chi connectivity index (χ2v) is 19.2. The van der Waals surface area contributed by atoms with Gasteiger partial charge in [-0.15, -0.1) is 0 Å². The van der Waals surface area contributed by atoms with Crippen molar-refractivity contribution < 1.29 is 9.16 Å². The van der Waals surface area contributed by atoms with E-state index in [1.54, 1.807) is 0 Å². The lowest BCUT2D eigenvalue weighted by Crippen LogP contribution is -2.67. The molecule has 208 valence electrons. The summed E-state index contributed by atoms with van der Waals surface area (Å²) in [4.78, 5) is 0. The summed E-state index contributed by atoms with van der Waals surface area (Å²) in [5.41, 5.74) is 1.63. The lowest BCUT2D eigenvalue weighted by atomic mass is 9.48. The van der Waals surface area contributed by atoms with Crippen molar-refractivity contribution in [2.24, 2.45) is 17.3 Å². The van der Waals surface area contributed by atoms with E-state index in [0.29, 0.717) is 18.6 Å². The highest BCUT2D eigenvalue weighted by atomic mass is 127. The molecule has 0 N–H and O–H groups in total. The Morgan fingerprint density at radius 1 is 0.923 bits per heavy atom. The molecule has 3 aromatic rings. The van der Waals surface area contributed by atoms with Crippen LogP contribution in [-0.4, -0.2) is 36.9 Å². The maximum Gasteiger partial charge on any atom is 0.261 e. The molecule has 4 saturated carbocycles. The molecule has 2 aromatic carbocycles. The Morgan fingerprint density at radius 3 is 2.03 bits per heavy atom. The Morgan fingerprint density at radius 2 is 1.51 bits per heavy atom. The second-order valence-electron chi connectivity index (χ2n) is 13.7. The number of ether oxygens (including phenoxy) is 1. The normalized spacial score (nSPS) is 28.2. The summed E-state index contributed by atoms with van der Waals surface area (Å²) in [7, 11) is -2.54. The number of hydrogen-bond acceptors (Lipinski definition) is 3. The van der Waals surface area contributed by atoms with Crippen LogP contribution in [0.5, 0.6) is 0 Å². The first-order valence-corrected chi connectivity index (χ1v) is 17.7. The van der Waals surface area contributed by atoms with Crippen molar-refractivity contribution in [1.82, 2.24) is 9.78 Å². The molecule has 4 fully saturated rings. The molecule has 4 nitrogen and oxygen atoms in total. The fourth-order valence-electron chi connectivity index (χ4n) is 8.83. The van der Waals surface area contributed by atoms with Crippen LogP contribution in [-0.2, 0) is 15.7 Å². The van der Waals surface area contributed by atoms with E-state index >= 15 is 0 Å². The molecule has 4 aliphatic carbocycles. The van der Waals surface area contributed by atoms with Crippen molar-refractivity contribution in [3.63, 3.8) is 0 Å². The van der Waals surface area contributed by atoms with E-state index in [1.807, 2.05) is 6.20 Å². The predicted molar refractivity (Wildman–Crippen MR) is 169 cm³/mol. The zero-order valence-corrected chi connectivity index (χ0v) is 27.1. The smallest absolute Gasteiger partial charge is 0.261 e. The zero-order chi connectivity index (χ0) is 27.3. The lowest BCUT2D eigenvalue weighted by Gasteiger charge is -2.61. The van der Waals surface area contributed by atoms with Crippen LogP contribution >= 0.6 is 22.6 Å². The van der Waals surface area contributed by atoms with Gasteiger partial charge in [-0.3, -0.25) is 4.68 Å². The molecule has 0 amide bonds. The molecule has 0 spiro atoms. The summed E-state index contributed by atoms with van der Waals surface area (Å²) < 4.78 is 17.7. The highest BCUT2D eigenvalue weighted by molar-refractivity contribution is 14.1. The van der Waals surface area contributed by atoms with Crippen molar-refractivity contribution in [3.05, 3.63) is 76.1 Å². The fraction of sp³-hybridized carbons (Fsp3) is 0.545. The predicted octanol–water partition coefficient (Wildman–Crippen LogP) is 6.73. The van der Waals surface area contributed by atoms with Crippen molar-refractivity contribution in [2.45, 2.75) is 83.4 Å². The van der Waals surface area contributed by atoms with E-state index in [0.717, 1.165) is 18.4 Å². The molecule has 1 aromatic heterocycles. The second kappa shape index (κ2) is 10.4. The van der Waals surface area contributed by atoms with E-state index in [2.05, 4.69) is 116 Å². The van der Waals surface area contributed by atoms with Gasteiger partial charge in [0.15, 0.2) is 0 Å². The van der Waals surface area contributed by atoms with Crippen LogP contribution in [0.3, 0.4) is 0 Å². The summed E-state index contributed by atoms with van der Waals surface area (Å²) in [6, 6.07) is 21.9. The molecule has 2 unspecified atom stereocenters. The van der Waals surface area contributed by atoms with E-state index in [-0.39, 0.29) is 10.6 Å². The Hall–Kier alpha value is -1.48. The van der Waals surface area contributed by atoms with Gasteiger partial charge in [0.25, 0.3) is 8.32 Å². The summed E-state index contributed by atoms with van der Waals surface area (Å²) in [6.07, 6.45) is 9.69. The van der Waals surface area contributed by atoms with Crippen molar-refractivity contribution in [1.29, 1.82) is 0 Å². The highest BCUT2D eigenvalue weighted by Gasteiger charge is 2.58. The minimum atomic E-state index is -2.54. The van der Waals surface area contributed by atoms with Crippen LogP contribution in [0.15, 0.2) is 66.9 Å². The molecule has 4 bridgehead atoms. The van der Waals surface area contributed by atoms with Crippen LogP contribution in [0.2, 0.25) is 5.04 Å². The fourth-order valence-corrected chi connectivity index (χ4v) is 13.8. The quantitative estimate of drug-likeness (QED) is 0.146. The van der Waals surface area contributed by atoms with Crippen LogP contribution in [0, 0.1) is 27.7 Å². The van der Waals surface area contributed by atoms with Crippen LogP contribution in [0.25, 0.3) is 0 Å². The van der Waals surface area contributed by atoms with Gasteiger partial charge in [0.1, 0.15) is 0 Å². The van der Waals surface area contributed by atoms with Gasteiger partial charge in [-0.1, -0.05) is 81.4 Å². The van der Waals surface area contributed by atoms with Gasteiger partial charge < -0.3 is 9.16 Å². The standard InChI is InChI=1S/C33H43IN2O2Si/c1-25-30(34)22-35-36(25)24-32-18-26-17-27(19-32)21-33(20-26,23-32)37-15-16-38-39(31(2,3)4,28-11-7-5-8-12-28)29-13-9-6-10-14-29/h5-14,22,26-27H,15-21,23-24H2,1-4H3. The van der Waals surface area contributed by atoms with Crippen LogP contribution < -0.4 is 10.4 Å². The number of aromatic nitrogens is 2. The maximum atomic E-state index is 7.17. The van der Waals surface area contributed by atoms with Gasteiger partial charge in [-0.05, 0) is 101 Å². The molecular weight excluding hydrogens is 611 g/mol. The molecule has 39 heavy (non-hydrogen) atoms. The number of benzene rings is 2. The molecule has 0 radical (unpaired) electrons. The first kappa shape index (κ1) is 27.7. The van der Waals surface area contributed by atoms with Crippen LogP contribution in [0.4, 0.5) is 0 Å². The first-order valence-electron chi connectivity index (χ1n) is 14.7. The number of hydrogen-bond donors (Lipinski definition) is 0. The Balaban J connectivity index is 1.21. The van der Waals surface area contributed by atoms with E-state index in [4.69, 9.17) is 14.3 Å². The maximum absolute atomic E-state index is 7.17. The first-order chi connectivity index (χ1) is 18.6. The van der Waals surface area contributed by atoms with Gasteiger partial charge in [0, 0.05) is 12.2 Å². The summed E-state index contributed by atoms with van der Waals surface area (Å²) in [5.74, 6) is 1.58. The van der Waals surface area contributed by atoms with Gasteiger partial charge in [-0.25, -0.2) is 0 Å². The molecule has 4 aliphatic rings. The van der Waals surface area contributed by atoms with Crippen molar-refractivity contribution in [2.75, 3.05) is 13.2 Å². The number of rotatable bonds is 9. The van der Waals surface area contributed by atoms with Crippen LogP contribution in [0.1, 0.15) is 65.0 Å². The molecule has 2 atom stereocenters. The number of nitrogens with zero attached hydrogens (tertiary/aromatic N) is 2. The van der Waals surface area contributed by atoms with E-state index < -0.39 is 8.32 Å². The molecular formula is C33H43IN2O2Si. The van der Waals surface area contributed by atoms with Gasteiger partial charge in [0.2, 0.25) is 0 Å². The van der Waals surface area contributed by atoms with Gasteiger partial charge >= 0.3 is 0 Å². The van der Waals surface area contributed by atoms with Crippen molar-refractivity contribution in [3.8, 4) is 0 Å². The summed E-state index contributed by atoms with van der Waals surface area (Å²) >= 11 is 2.41. The SMILES string of the molecule is Cc1c(I)cnn1CC12CC3CC(C1)CC(OCCO[Si](c1ccccc1)(c1ccccc1)C(C)(C)C)(C3)C2.